The fourth-order valence-corrected chi connectivity index (χ4v) is 0.728. The molecule has 0 amide bonds. The van der Waals surface area contributed by atoms with E-state index in [0.29, 0.717) is 0 Å². The van der Waals surface area contributed by atoms with Crippen LogP contribution in [0, 0.1) is 0 Å². The number of hydrogen-bond donors (Lipinski definition) is 3. The van der Waals surface area contributed by atoms with E-state index >= 15 is 0 Å². The van der Waals surface area contributed by atoms with Crippen LogP contribution in [-0.2, 0) is 0 Å². The van der Waals surface area contributed by atoms with Crippen molar-refractivity contribution in [2.45, 2.75) is 0 Å². The number of benzene rings is 1. The Morgan fingerprint density at radius 1 is 1.17 bits per heavy atom. The van der Waals surface area contributed by atoms with E-state index < -0.39 is 6.16 Å². The molecule has 0 unspecified atom stereocenters. The summed E-state index contributed by atoms with van der Waals surface area (Å²) in [6.45, 7) is 0. The number of carbonyl (C=O) groups is 1. The summed E-state index contributed by atoms with van der Waals surface area (Å²) >= 11 is 0. The normalized spacial score (nSPS) is 9.33. The number of ether oxygens (including phenoxy) is 1. The maximum atomic E-state index is 10.0. The number of phenolic OH excluding ortho intramolecular Hbond substituents is 2. The Hall–Kier alpha value is -1.91. The molecule has 5 heteroatoms. The first kappa shape index (κ1) is 8.19. The van der Waals surface area contributed by atoms with Crippen molar-refractivity contribution in [3.8, 4) is 17.2 Å². The van der Waals surface area contributed by atoms with E-state index in [1.54, 1.807) is 0 Å². The Labute approximate surface area is 67.5 Å². The zero-order valence-electron chi connectivity index (χ0n) is 5.89. The highest BCUT2D eigenvalue weighted by Gasteiger charge is 2.03. The maximum absolute atomic E-state index is 10.0. The topological polar surface area (TPSA) is 87.0 Å². The Bertz CT molecular complexity index is 286. The second-order valence-corrected chi connectivity index (χ2v) is 2.05. The van der Waals surface area contributed by atoms with Gasteiger partial charge in [0.15, 0.2) is 0 Å². The van der Waals surface area contributed by atoms with Crippen molar-refractivity contribution in [1.29, 1.82) is 0 Å². The lowest BCUT2D eigenvalue weighted by Gasteiger charge is -2.00. The summed E-state index contributed by atoms with van der Waals surface area (Å²) in [5.41, 5.74) is 0. The number of hydrogen-bond acceptors (Lipinski definition) is 4. The second-order valence-electron chi connectivity index (χ2n) is 2.05. The van der Waals surface area contributed by atoms with Crippen LogP contribution in [0.15, 0.2) is 18.2 Å². The summed E-state index contributed by atoms with van der Waals surface area (Å²) in [6.07, 6.45) is -1.50. The summed E-state index contributed by atoms with van der Waals surface area (Å²) in [4.78, 5) is 10.0. The predicted molar refractivity (Wildman–Crippen MR) is 38.4 cm³/mol. The van der Waals surface area contributed by atoms with Crippen molar-refractivity contribution in [2.24, 2.45) is 0 Å². The van der Waals surface area contributed by atoms with Gasteiger partial charge in [-0.15, -0.1) is 0 Å². The van der Waals surface area contributed by atoms with Crippen LogP contribution in [0.5, 0.6) is 17.2 Å². The highest BCUT2D eigenvalue weighted by molar-refractivity contribution is 5.62. The minimum atomic E-state index is -1.50. The van der Waals surface area contributed by atoms with Gasteiger partial charge in [-0.25, -0.2) is 4.79 Å². The van der Waals surface area contributed by atoms with Gasteiger partial charge in [0.2, 0.25) is 0 Å². The molecule has 3 N–H and O–H groups in total. The molecule has 5 nitrogen and oxygen atoms in total. The first-order valence-electron chi connectivity index (χ1n) is 3.02. The molecular formula is C7H6O5. The molecule has 0 fully saturated rings. The summed E-state index contributed by atoms with van der Waals surface area (Å²) in [6, 6.07) is 3.22. The van der Waals surface area contributed by atoms with Crippen molar-refractivity contribution in [3.05, 3.63) is 18.2 Å². The molecule has 0 atom stereocenters. The molecule has 0 aliphatic heterocycles. The molecular weight excluding hydrogens is 164 g/mol. The third-order valence-electron chi connectivity index (χ3n) is 1.08. The van der Waals surface area contributed by atoms with Gasteiger partial charge in [-0.3, -0.25) is 0 Å². The largest absolute Gasteiger partial charge is 0.511 e. The second kappa shape index (κ2) is 3.00. The van der Waals surface area contributed by atoms with E-state index in [1.807, 2.05) is 0 Å². The average molecular weight is 170 g/mol. The van der Waals surface area contributed by atoms with Crippen LogP contribution in [-0.4, -0.2) is 21.5 Å². The molecule has 0 saturated heterocycles. The molecule has 0 radical (unpaired) electrons. The van der Waals surface area contributed by atoms with Crippen molar-refractivity contribution >= 4 is 6.16 Å². The van der Waals surface area contributed by atoms with Crippen molar-refractivity contribution in [3.63, 3.8) is 0 Å². The van der Waals surface area contributed by atoms with Gasteiger partial charge in [0, 0.05) is 18.2 Å². The Balaban J connectivity index is 2.93. The summed E-state index contributed by atoms with van der Waals surface area (Å²) in [5.74, 6) is -0.641. The standard InChI is InChI=1S/C7H6O5/c8-4-1-5(9)3-6(2-4)12-7(10)11/h1-3,8-9H,(H,10,11). The number of aromatic hydroxyl groups is 2. The van der Waals surface area contributed by atoms with Gasteiger partial charge in [0.1, 0.15) is 17.2 Å². The van der Waals surface area contributed by atoms with Crippen molar-refractivity contribution < 1.29 is 24.9 Å². The summed E-state index contributed by atoms with van der Waals surface area (Å²) < 4.78 is 4.17. The highest BCUT2D eigenvalue weighted by atomic mass is 16.7. The lowest BCUT2D eigenvalue weighted by atomic mass is 10.3. The van der Waals surface area contributed by atoms with Crippen molar-refractivity contribution in [2.75, 3.05) is 0 Å². The van der Waals surface area contributed by atoms with Gasteiger partial charge in [-0.1, -0.05) is 0 Å². The Kier molecular flexibility index (Phi) is 2.05. The fourth-order valence-electron chi connectivity index (χ4n) is 0.728. The minimum Gasteiger partial charge on any atom is -0.508 e. The summed E-state index contributed by atoms with van der Waals surface area (Å²) in [5, 5.41) is 25.9. The maximum Gasteiger partial charge on any atom is 0.511 e. The van der Waals surface area contributed by atoms with Crippen LogP contribution in [0.3, 0.4) is 0 Å². The third-order valence-corrected chi connectivity index (χ3v) is 1.08. The Morgan fingerprint density at radius 3 is 2.08 bits per heavy atom. The van der Waals surface area contributed by atoms with E-state index in [-0.39, 0.29) is 17.2 Å². The molecule has 12 heavy (non-hydrogen) atoms. The molecule has 1 rings (SSSR count). The van der Waals surface area contributed by atoms with E-state index in [1.165, 1.54) is 0 Å². The predicted octanol–water partition coefficient (Wildman–Crippen LogP) is 1.15. The van der Waals surface area contributed by atoms with Gasteiger partial charge in [0.25, 0.3) is 0 Å². The number of phenols is 2. The van der Waals surface area contributed by atoms with Crippen LogP contribution in [0.25, 0.3) is 0 Å². The summed E-state index contributed by atoms with van der Waals surface area (Å²) in [7, 11) is 0. The lowest BCUT2D eigenvalue weighted by Crippen LogP contribution is -2.02. The molecule has 0 saturated carbocycles. The van der Waals surface area contributed by atoms with Crippen molar-refractivity contribution in [1.82, 2.24) is 0 Å². The molecule has 0 aliphatic rings. The molecule has 0 bridgehead atoms. The Morgan fingerprint density at radius 2 is 1.67 bits per heavy atom. The van der Waals surface area contributed by atoms with E-state index in [9.17, 15) is 4.79 Å². The number of carboxylic acid groups (broad SMARTS) is 1. The quantitative estimate of drug-likeness (QED) is 0.434. The van der Waals surface area contributed by atoms with Gasteiger partial charge in [-0.05, 0) is 0 Å². The fraction of sp³-hybridized carbons (Fsp3) is 0. The van der Waals surface area contributed by atoms with Gasteiger partial charge < -0.3 is 20.1 Å². The van der Waals surface area contributed by atoms with E-state index in [0.717, 1.165) is 18.2 Å². The minimum absolute atomic E-state index is 0.125. The third kappa shape index (κ3) is 2.05. The van der Waals surface area contributed by atoms with E-state index in [4.69, 9.17) is 15.3 Å². The van der Waals surface area contributed by atoms with E-state index in [2.05, 4.69) is 4.74 Å². The molecule has 0 aromatic heterocycles. The van der Waals surface area contributed by atoms with Crippen LogP contribution >= 0.6 is 0 Å². The molecule has 0 heterocycles. The number of rotatable bonds is 1. The first-order chi connectivity index (χ1) is 5.58. The average Bonchev–Trinajstić information content (AvgIpc) is 1.81. The van der Waals surface area contributed by atoms with Gasteiger partial charge in [0.05, 0.1) is 0 Å². The molecule has 1 aromatic rings. The van der Waals surface area contributed by atoms with Crippen LogP contribution in [0.2, 0.25) is 0 Å². The molecule has 1 aromatic carbocycles. The van der Waals surface area contributed by atoms with Crippen LogP contribution in [0.1, 0.15) is 0 Å². The van der Waals surface area contributed by atoms with Crippen LogP contribution in [0.4, 0.5) is 4.79 Å². The lowest BCUT2D eigenvalue weighted by molar-refractivity contribution is 0.144. The molecule has 0 spiro atoms. The SMILES string of the molecule is O=C(O)Oc1cc(O)cc(O)c1. The first-order valence-corrected chi connectivity index (χ1v) is 3.02. The molecule has 0 aliphatic carbocycles. The van der Waals surface area contributed by atoms with Crippen LogP contribution < -0.4 is 4.74 Å². The van der Waals surface area contributed by atoms with Gasteiger partial charge >= 0.3 is 6.16 Å². The highest BCUT2D eigenvalue weighted by Crippen LogP contribution is 2.25. The monoisotopic (exact) mass is 170 g/mol. The zero-order chi connectivity index (χ0) is 9.14. The molecule has 64 valence electrons. The smallest absolute Gasteiger partial charge is 0.508 e. The zero-order valence-corrected chi connectivity index (χ0v) is 5.89. The van der Waals surface area contributed by atoms with Gasteiger partial charge in [-0.2, -0.15) is 0 Å².